The molecule has 1 aromatic rings. The molecule has 0 radical (unpaired) electrons. The Labute approximate surface area is 108 Å². The maximum absolute atomic E-state index is 12.2. The topological polar surface area (TPSA) is 46.3 Å². The molecule has 1 amide bonds. The van der Waals surface area contributed by atoms with Gasteiger partial charge in [-0.05, 0) is 31.0 Å². The summed E-state index contributed by atoms with van der Waals surface area (Å²) in [6.45, 7) is 5.64. The third-order valence-electron chi connectivity index (χ3n) is 2.44. The van der Waals surface area contributed by atoms with E-state index in [0.29, 0.717) is 16.3 Å². The minimum atomic E-state index is 0.00269. The molecule has 3 nitrogen and oxygen atoms in total. The van der Waals surface area contributed by atoms with Crippen molar-refractivity contribution in [2.45, 2.75) is 26.7 Å². The molecule has 17 heavy (non-hydrogen) atoms. The number of carbonyl (C=O) groups excluding carboxylic acids is 1. The van der Waals surface area contributed by atoms with Gasteiger partial charge in [-0.25, -0.2) is 0 Å². The standard InChI is InChI=1S/C13H19ClN2O/c1-3-5-16(6-4-2)13(17)10-7-11(14)9-12(15)8-10/h7-9H,3-6,15H2,1-2H3. The lowest BCUT2D eigenvalue weighted by molar-refractivity contribution is 0.0755. The van der Waals surface area contributed by atoms with E-state index >= 15 is 0 Å². The first-order valence-electron chi connectivity index (χ1n) is 5.93. The van der Waals surface area contributed by atoms with Crippen LogP contribution >= 0.6 is 11.6 Å². The Morgan fingerprint density at radius 3 is 2.29 bits per heavy atom. The van der Waals surface area contributed by atoms with Gasteiger partial charge in [-0.15, -0.1) is 0 Å². The van der Waals surface area contributed by atoms with Gasteiger partial charge in [0.25, 0.3) is 5.91 Å². The predicted octanol–water partition coefficient (Wildman–Crippen LogP) is 3.18. The van der Waals surface area contributed by atoms with E-state index < -0.39 is 0 Å². The quantitative estimate of drug-likeness (QED) is 0.821. The van der Waals surface area contributed by atoms with Crippen LogP contribution in [0.5, 0.6) is 0 Å². The average molecular weight is 255 g/mol. The maximum Gasteiger partial charge on any atom is 0.253 e. The SMILES string of the molecule is CCCN(CCC)C(=O)c1cc(N)cc(Cl)c1. The highest BCUT2D eigenvalue weighted by Crippen LogP contribution is 2.18. The Hall–Kier alpha value is -1.22. The molecule has 0 saturated heterocycles. The normalized spacial score (nSPS) is 10.3. The second-order valence-corrected chi connectivity index (χ2v) is 4.50. The van der Waals surface area contributed by atoms with Gasteiger partial charge in [-0.3, -0.25) is 4.79 Å². The molecule has 1 aromatic carbocycles. The van der Waals surface area contributed by atoms with E-state index in [1.165, 1.54) is 0 Å². The van der Waals surface area contributed by atoms with Crippen LogP contribution in [-0.2, 0) is 0 Å². The highest BCUT2D eigenvalue weighted by molar-refractivity contribution is 6.31. The molecule has 0 heterocycles. The van der Waals surface area contributed by atoms with Gasteiger partial charge in [0.15, 0.2) is 0 Å². The van der Waals surface area contributed by atoms with Crippen LogP contribution in [0.25, 0.3) is 0 Å². The molecule has 4 heteroatoms. The molecular formula is C13H19ClN2O. The molecule has 0 aliphatic rings. The molecule has 2 N–H and O–H groups in total. The fourth-order valence-electron chi connectivity index (χ4n) is 1.77. The number of rotatable bonds is 5. The zero-order valence-corrected chi connectivity index (χ0v) is 11.1. The maximum atomic E-state index is 12.2. The number of amides is 1. The van der Waals surface area contributed by atoms with E-state index in [1.54, 1.807) is 18.2 Å². The van der Waals surface area contributed by atoms with Gasteiger partial charge in [-0.1, -0.05) is 25.4 Å². The molecule has 0 atom stereocenters. The van der Waals surface area contributed by atoms with Crippen molar-refractivity contribution >= 4 is 23.2 Å². The minimum absolute atomic E-state index is 0.00269. The van der Waals surface area contributed by atoms with E-state index in [9.17, 15) is 4.79 Å². The first-order valence-corrected chi connectivity index (χ1v) is 6.31. The van der Waals surface area contributed by atoms with E-state index in [2.05, 4.69) is 13.8 Å². The molecule has 0 unspecified atom stereocenters. The summed E-state index contributed by atoms with van der Waals surface area (Å²) in [4.78, 5) is 14.1. The second-order valence-electron chi connectivity index (χ2n) is 4.07. The summed E-state index contributed by atoms with van der Waals surface area (Å²) in [5.74, 6) is 0.00269. The number of nitrogen functional groups attached to an aromatic ring is 1. The third-order valence-corrected chi connectivity index (χ3v) is 2.66. The molecule has 1 rings (SSSR count). The molecular weight excluding hydrogens is 236 g/mol. The molecule has 0 fully saturated rings. The molecule has 0 aromatic heterocycles. The highest BCUT2D eigenvalue weighted by atomic mass is 35.5. The lowest BCUT2D eigenvalue weighted by Crippen LogP contribution is -2.32. The van der Waals surface area contributed by atoms with Gasteiger partial charge in [0.1, 0.15) is 0 Å². The van der Waals surface area contributed by atoms with Crippen molar-refractivity contribution in [2.75, 3.05) is 18.8 Å². The van der Waals surface area contributed by atoms with Crippen LogP contribution in [0, 0.1) is 0 Å². The van der Waals surface area contributed by atoms with Crippen molar-refractivity contribution in [2.24, 2.45) is 0 Å². The summed E-state index contributed by atoms with van der Waals surface area (Å²) >= 11 is 5.90. The van der Waals surface area contributed by atoms with Crippen LogP contribution in [-0.4, -0.2) is 23.9 Å². The monoisotopic (exact) mass is 254 g/mol. The van der Waals surface area contributed by atoms with Gasteiger partial charge in [0.2, 0.25) is 0 Å². The second kappa shape index (κ2) is 6.50. The molecule has 0 bridgehead atoms. The number of hydrogen-bond donors (Lipinski definition) is 1. The number of carbonyl (C=O) groups is 1. The van der Waals surface area contributed by atoms with E-state index in [1.807, 2.05) is 4.90 Å². The first kappa shape index (κ1) is 13.8. The highest BCUT2D eigenvalue weighted by Gasteiger charge is 2.14. The van der Waals surface area contributed by atoms with Crippen molar-refractivity contribution in [3.8, 4) is 0 Å². The third kappa shape index (κ3) is 3.93. The van der Waals surface area contributed by atoms with Gasteiger partial charge in [0.05, 0.1) is 0 Å². The predicted molar refractivity (Wildman–Crippen MR) is 72.3 cm³/mol. The number of benzene rings is 1. The van der Waals surface area contributed by atoms with Crippen LogP contribution in [0.1, 0.15) is 37.0 Å². The van der Waals surface area contributed by atoms with Crippen molar-refractivity contribution in [1.29, 1.82) is 0 Å². The van der Waals surface area contributed by atoms with Crippen LogP contribution in [0.4, 0.5) is 5.69 Å². The summed E-state index contributed by atoms with van der Waals surface area (Å²) in [5.41, 5.74) is 6.78. The Morgan fingerprint density at radius 1 is 1.24 bits per heavy atom. The van der Waals surface area contributed by atoms with Crippen molar-refractivity contribution in [3.63, 3.8) is 0 Å². The Balaban J connectivity index is 2.92. The molecule has 0 spiro atoms. The van der Waals surface area contributed by atoms with Gasteiger partial charge < -0.3 is 10.6 Å². The minimum Gasteiger partial charge on any atom is -0.399 e. The van der Waals surface area contributed by atoms with Gasteiger partial charge in [-0.2, -0.15) is 0 Å². The molecule has 94 valence electrons. The molecule has 0 aliphatic carbocycles. The number of nitrogens with two attached hydrogens (primary N) is 1. The van der Waals surface area contributed by atoms with E-state index in [-0.39, 0.29) is 5.91 Å². The number of anilines is 1. The molecule has 0 saturated carbocycles. The summed E-state index contributed by atoms with van der Waals surface area (Å²) in [6.07, 6.45) is 1.89. The zero-order valence-electron chi connectivity index (χ0n) is 10.4. The first-order chi connectivity index (χ1) is 8.08. The fourth-order valence-corrected chi connectivity index (χ4v) is 2.02. The number of nitrogens with zero attached hydrogens (tertiary/aromatic N) is 1. The van der Waals surface area contributed by atoms with Crippen molar-refractivity contribution in [3.05, 3.63) is 28.8 Å². The Morgan fingerprint density at radius 2 is 1.82 bits per heavy atom. The zero-order chi connectivity index (χ0) is 12.8. The summed E-state index contributed by atoms with van der Waals surface area (Å²) in [6, 6.07) is 4.98. The average Bonchev–Trinajstić information content (AvgIpc) is 2.26. The Bertz CT molecular complexity index is 367. The van der Waals surface area contributed by atoms with Crippen LogP contribution in [0.3, 0.4) is 0 Å². The van der Waals surface area contributed by atoms with Crippen molar-refractivity contribution < 1.29 is 4.79 Å². The lowest BCUT2D eigenvalue weighted by atomic mass is 10.1. The van der Waals surface area contributed by atoms with Crippen LogP contribution in [0.15, 0.2) is 18.2 Å². The smallest absolute Gasteiger partial charge is 0.253 e. The Kier molecular flexibility index (Phi) is 5.29. The largest absolute Gasteiger partial charge is 0.399 e. The van der Waals surface area contributed by atoms with E-state index in [4.69, 9.17) is 17.3 Å². The van der Waals surface area contributed by atoms with Crippen molar-refractivity contribution in [1.82, 2.24) is 4.90 Å². The molecule has 0 aliphatic heterocycles. The number of halogens is 1. The fraction of sp³-hybridized carbons (Fsp3) is 0.462. The number of hydrogen-bond acceptors (Lipinski definition) is 2. The summed E-state index contributed by atoms with van der Waals surface area (Å²) in [7, 11) is 0. The van der Waals surface area contributed by atoms with Crippen LogP contribution < -0.4 is 5.73 Å². The van der Waals surface area contributed by atoms with Gasteiger partial charge in [0, 0.05) is 29.4 Å². The summed E-state index contributed by atoms with van der Waals surface area (Å²) < 4.78 is 0. The van der Waals surface area contributed by atoms with Gasteiger partial charge >= 0.3 is 0 Å². The van der Waals surface area contributed by atoms with E-state index in [0.717, 1.165) is 25.9 Å². The van der Waals surface area contributed by atoms with Crippen LogP contribution in [0.2, 0.25) is 5.02 Å². The summed E-state index contributed by atoms with van der Waals surface area (Å²) in [5, 5.41) is 0.501. The lowest BCUT2D eigenvalue weighted by Gasteiger charge is -2.21.